The summed E-state index contributed by atoms with van der Waals surface area (Å²) >= 11 is 0. The number of amides is 1. The molecule has 28 heavy (non-hydrogen) atoms. The van der Waals surface area contributed by atoms with Crippen LogP contribution < -0.4 is 9.80 Å². The molecule has 0 spiro atoms. The molecule has 0 aliphatic carbocycles. The van der Waals surface area contributed by atoms with Crippen LogP contribution in [-0.2, 0) is 0 Å². The Bertz CT molecular complexity index is 1010. The molecule has 2 aromatic heterocycles. The fraction of sp³-hybridized carbons (Fsp3) is 0.350. The molecule has 0 N–H and O–H groups in total. The number of aromatic nitrogens is 4. The highest BCUT2D eigenvalue weighted by Gasteiger charge is 2.24. The van der Waals surface area contributed by atoms with Crippen molar-refractivity contribution < 1.29 is 4.79 Å². The van der Waals surface area contributed by atoms with E-state index in [0.717, 1.165) is 41.6 Å². The maximum atomic E-state index is 12.9. The van der Waals surface area contributed by atoms with Crippen LogP contribution in [0.2, 0.25) is 0 Å². The lowest BCUT2D eigenvalue weighted by Gasteiger charge is -2.35. The average Bonchev–Trinajstić information content (AvgIpc) is 2.72. The molecule has 1 fully saturated rings. The SMILES string of the molecule is Cc1nc(N(C)C)cc(N2CCN(C(=O)c3cnc4ccccc4n3)CC2)n1. The van der Waals surface area contributed by atoms with Crippen LogP contribution in [0.25, 0.3) is 11.0 Å². The standard InChI is InChI=1S/C20H23N7O/c1-14-22-18(25(2)3)12-19(23-14)26-8-10-27(11-9-26)20(28)17-13-21-15-6-4-5-7-16(15)24-17/h4-7,12-13H,8-11H2,1-3H3. The topological polar surface area (TPSA) is 78.4 Å². The van der Waals surface area contributed by atoms with E-state index in [1.807, 2.05) is 61.2 Å². The zero-order chi connectivity index (χ0) is 19.7. The third-order valence-electron chi connectivity index (χ3n) is 4.83. The van der Waals surface area contributed by atoms with Gasteiger partial charge in [-0.15, -0.1) is 0 Å². The van der Waals surface area contributed by atoms with Crippen molar-refractivity contribution in [3.8, 4) is 0 Å². The fourth-order valence-corrected chi connectivity index (χ4v) is 3.29. The van der Waals surface area contributed by atoms with Crippen LogP contribution in [-0.4, -0.2) is 71.0 Å². The molecule has 8 nitrogen and oxygen atoms in total. The molecule has 0 atom stereocenters. The number of carbonyl (C=O) groups is 1. The summed E-state index contributed by atoms with van der Waals surface area (Å²) in [5, 5.41) is 0. The van der Waals surface area contributed by atoms with Gasteiger partial charge >= 0.3 is 0 Å². The van der Waals surface area contributed by atoms with Gasteiger partial charge in [0.25, 0.3) is 5.91 Å². The quantitative estimate of drug-likeness (QED) is 0.688. The van der Waals surface area contributed by atoms with Crippen molar-refractivity contribution in [2.45, 2.75) is 6.92 Å². The first-order valence-electron chi connectivity index (χ1n) is 9.30. The smallest absolute Gasteiger partial charge is 0.274 e. The number of aryl methyl sites for hydroxylation is 1. The first-order valence-corrected chi connectivity index (χ1v) is 9.30. The minimum atomic E-state index is -0.0780. The van der Waals surface area contributed by atoms with E-state index in [1.54, 1.807) is 6.20 Å². The highest BCUT2D eigenvalue weighted by Crippen LogP contribution is 2.20. The van der Waals surface area contributed by atoms with E-state index in [9.17, 15) is 4.79 Å². The number of nitrogens with zero attached hydrogens (tertiary/aromatic N) is 7. The largest absolute Gasteiger partial charge is 0.363 e. The summed E-state index contributed by atoms with van der Waals surface area (Å²) in [5.74, 6) is 2.44. The Labute approximate surface area is 163 Å². The summed E-state index contributed by atoms with van der Waals surface area (Å²) in [5.41, 5.74) is 1.92. The molecule has 0 saturated carbocycles. The van der Waals surface area contributed by atoms with Crippen LogP contribution in [0.5, 0.6) is 0 Å². The molecule has 8 heteroatoms. The van der Waals surface area contributed by atoms with Crippen molar-refractivity contribution in [1.29, 1.82) is 0 Å². The van der Waals surface area contributed by atoms with Gasteiger partial charge in [0.05, 0.1) is 17.2 Å². The fourth-order valence-electron chi connectivity index (χ4n) is 3.29. The number of anilines is 2. The number of rotatable bonds is 3. The Balaban J connectivity index is 1.47. The minimum Gasteiger partial charge on any atom is -0.363 e. The van der Waals surface area contributed by atoms with Gasteiger partial charge in [-0.2, -0.15) is 0 Å². The number of hydrogen-bond acceptors (Lipinski definition) is 7. The van der Waals surface area contributed by atoms with Crippen LogP contribution >= 0.6 is 0 Å². The summed E-state index contributed by atoms with van der Waals surface area (Å²) in [6.07, 6.45) is 1.56. The van der Waals surface area contributed by atoms with Crippen LogP contribution in [0.1, 0.15) is 16.3 Å². The zero-order valence-corrected chi connectivity index (χ0v) is 16.3. The third-order valence-corrected chi connectivity index (χ3v) is 4.83. The van der Waals surface area contributed by atoms with Gasteiger partial charge in [0, 0.05) is 46.3 Å². The molecular weight excluding hydrogens is 354 g/mol. The minimum absolute atomic E-state index is 0.0780. The molecule has 1 saturated heterocycles. The van der Waals surface area contributed by atoms with E-state index in [4.69, 9.17) is 0 Å². The van der Waals surface area contributed by atoms with Gasteiger partial charge in [0.1, 0.15) is 23.2 Å². The van der Waals surface area contributed by atoms with Gasteiger partial charge in [-0.3, -0.25) is 9.78 Å². The van der Waals surface area contributed by atoms with E-state index in [1.165, 1.54) is 0 Å². The molecule has 0 bridgehead atoms. The molecule has 1 aliphatic rings. The second kappa shape index (κ2) is 7.38. The number of benzene rings is 1. The molecule has 144 valence electrons. The third kappa shape index (κ3) is 3.58. The van der Waals surface area contributed by atoms with Crippen molar-refractivity contribution in [1.82, 2.24) is 24.8 Å². The molecule has 4 rings (SSSR count). The second-order valence-corrected chi connectivity index (χ2v) is 7.05. The summed E-state index contributed by atoms with van der Waals surface area (Å²) in [6.45, 7) is 4.57. The molecule has 3 aromatic rings. The predicted molar refractivity (Wildman–Crippen MR) is 109 cm³/mol. The van der Waals surface area contributed by atoms with Gasteiger partial charge < -0.3 is 14.7 Å². The monoisotopic (exact) mass is 377 g/mol. The Morgan fingerprint density at radius 3 is 2.43 bits per heavy atom. The number of carbonyl (C=O) groups excluding carboxylic acids is 1. The van der Waals surface area contributed by atoms with Gasteiger partial charge in [-0.05, 0) is 19.1 Å². The van der Waals surface area contributed by atoms with Crippen LogP contribution in [0.4, 0.5) is 11.6 Å². The van der Waals surface area contributed by atoms with Crippen molar-refractivity contribution >= 4 is 28.6 Å². The van der Waals surface area contributed by atoms with E-state index < -0.39 is 0 Å². The highest BCUT2D eigenvalue weighted by atomic mass is 16.2. The lowest BCUT2D eigenvalue weighted by molar-refractivity contribution is 0.0740. The van der Waals surface area contributed by atoms with Gasteiger partial charge in [-0.1, -0.05) is 12.1 Å². The van der Waals surface area contributed by atoms with E-state index in [2.05, 4.69) is 24.8 Å². The van der Waals surface area contributed by atoms with Crippen molar-refractivity contribution in [2.75, 3.05) is 50.1 Å². The van der Waals surface area contributed by atoms with Crippen LogP contribution in [0.3, 0.4) is 0 Å². The normalized spacial score (nSPS) is 14.4. The first kappa shape index (κ1) is 18.1. The zero-order valence-electron chi connectivity index (χ0n) is 16.3. The lowest BCUT2D eigenvalue weighted by Crippen LogP contribution is -2.49. The molecular formula is C20H23N7O. The van der Waals surface area contributed by atoms with Crippen LogP contribution in [0.15, 0.2) is 36.5 Å². The number of piperazine rings is 1. The number of hydrogen-bond donors (Lipinski definition) is 0. The van der Waals surface area contributed by atoms with E-state index >= 15 is 0 Å². The Hall–Kier alpha value is -3.29. The molecule has 1 aliphatic heterocycles. The Morgan fingerprint density at radius 1 is 1.00 bits per heavy atom. The number of para-hydroxylation sites is 2. The first-order chi connectivity index (χ1) is 13.5. The summed E-state index contributed by atoms with van der Waals surface area (Å²) in [7, 11) is 3.93. The summed E-state index contributed by atoms with van der Waals surface area (Å²) < 4.78 is 0. The van der Waals surface area contributed by atoms with Gasteiger partial charge in [0.15, 0.2) is 0 Å². The highest BCUT2D eigenvalue weighted by molar-refractivity contribution is 5.94. The molecule has 3 heterocycles. The Kier molecular flexibility index (Phi) is 4.77. The molecule has 0 radical (unpaired) electrons. The van der Waals surface area contributed by atoms with Crippen molar-refractivity contribution in [3.63, 3.8) is 0 Å². The van der Waals surface area contributed by atoms with Gasteiger partial charge in [0.2, 0.25) is 0 Å². The lowest BCUT2D eigenvalue weighted by atomic mass is 10.2. The molecule has 1 aromatic carbocycles. The van der Waals surface area contributed by atoms with E-state index in [0.29, 0.717) is 18.8 Å². The van der Waals surface area contributed by atoms with Crippen LogP contribution in [0, 0.1) is 6.92 Å². The molecule has 1 amide bonds. The molecule has 0 unspecified atom stereocenters. The van der Waals surface area contributed by atoms with Crippen molar-refractivity contribution in [2.24, 2.45) is 0 Å². The average molecular weight is 377 g/mol. The maximum Gasteiger partial charge on any atom is 0.274 e. The Morgan fingerprint density at radius 2 is 1.71 bits per heavy atom. The number of fused-ring (bicyclic) bond motifs is 1. The maximum absolute atomic E-state index is 12.9. The van der Waals surface area contributed by atoms with Gasteiger partial charge in [-0.25, -0.2) is 15.0 Å². The predicted octanol–water partition coefficient (Wildman–Crippen LogP) is 1.76. The second-order valence-electron chi connectivity index (χ2n) is 7.05. The van der Waals surface area contributed by atoms with E-state index in [-0.39, 0.29) is 5.91 Å². The van der Waals surface area contributed by atoms with Crippen molar-refractivity contribution in [3.05, 3.63) is 48.0 Å². The summed E-state index contributed by atoms with van der Waals surface area (Å²) in [6, 6.07) is 9.56. The summed E-state index contributed by atoms with van der Waals surface area (Å²) in [4.78, 5) is 36.7.